The van der Waals surface area contributed by atoms with Crippen LogP contribution >= 0.6 is 0 Å². The zero-order chi connectivity index (χ0) is 40.9. The van der Waals surface area contributed by atoms with Gasteiger partial charge in [-0.3, -0.25) is 0 Å². The molecular formula is C59H42N2. The summed E-state index contributed by atoms with van der Waals surface area (Å²) in [6.45, 7) is 2.19. The highest BCUT2D eigenvalue weighted by Crippen LogP contribution is 2.41. The second kappa shape index (κ2) is 15.1. The minimum atomic E-state index is 0.840. The first-order valence-electron chi connectivity index (χ1n) is 21.1. The van der Waals surface area contributed by atoms with Gasteiger partial charge in [0.05, 0.1) is 27.9 Å². The lowest BCUT2D eigenvalue weighted by Crippen LogP contribution is -2.05. The summed E-state index contributed by atoms with van der Waals surface area (Å²) < 4.78 is 4.91. The minimum Gasteiger partial charge on any atom is -0.312 e. The Morgan fingerprint density at radius 1 is 0.541 bits per heavy atom. The van der Waals surface area contributed by atoms with Gasteiger partial charge >= 0.3 is 0 Å². The van der Waals surface area contributed by atoms with Crippen LogP contribution < -0.4 is 0 Å². The van der Waals surface area contributed by atoms with E-state index in [1.54, 1.807) is 0 Å². The molecule has 2 nitrogen and oxygen atoms in total. The fraction of sp³-hybridized carbons (Fsp3) is 0.0508. The van der Waals surface area contributed by atoms with Crippen molar-refractivity contribution in [2.24, 2.45) is 0 Å². The lowest BCUT2D eigenvalue weighted by Gasteiger charge is -2.18. The van der Waals surface area contributed by atoms with Gasteiger partial charge in [0.15, 0.2) is 0 Å². The molecule has 8 aromatic carbocycles. The number of nitrogens with zero attached hydrogens (tertiary/aromatic N) is 2. The third-order valence-electron chi connectivity index (χ3n) is 12.5. The highest BCUT2D eigenvalue weighted by molar-refractivity contribution is 6.11. The summed E-state index contributed by atoms with van der Waals surface area (Å²) in [4.78, 5) is 0. The summed E-state index contributed by atoms with van der Waals surface area (Å²) in [6, 6.07) is 65.7. The first kappa shape index (κ1) is 36.2. The van der Waals surface area contributed by atoms with Crippen molar-refractivity contribution in [3.05, 3.63) is 223 Å². The smallest absolute Gasteiger partial charge is 0.0546 e. The average molecular weight is 779 g/mol. The van der Waals surface area contributed by atoms with Gasteiger partial charge in [0.1, 0.15) is 0 Å². The maximum Gasteiger partial charge on any atom is 0.0546 e. The van der Waals surface area contributed by atoms with Crippen LogP contribution in [-0.2, 0) is 6.42 Å². The maximum atomic E-state index is 6.47. The van der Waals surface area contributed by atoms with Crippen molar-refractivity contribution >= 4 is 60.7 Å². The number of aromatic nitrogens is 2. The van der Waals surface area contributed by atoms with Crippen molar-refractivity contribution in [1.82, 2.24) is 9.13 Å². The Labute approximate surface area is 356 Å². The molecule has 11 rings (SSSR count). The number of allylic oxidation sites excluding steroid dienone is 5. The maximum absolute atomic E-state index is 6.47. The van der Waals surface area contributed by atoms with Crippen LogP contribution in [0.1, 0.15) is 35.7 Å². The molecule has 2 heteroatoms. The van der Waals surface area contributed by atoms with Crippen LogP contribution in [0.25, 0.3) is 94.3 Å². The predicted molar refractivity (Wildman–Crippen MR) is 260 cm³/mol. The number of para-hydroxylation sites is 4. The average Bonchev–Trinajstić information content (AvgIpc) is 3.84. The van der Waals surface area contributed by atoms with Crippen LogP contribution in [0.15, 0.2) is 200 Å². The lowest BCUT2D eigenvalue weighted by atomic mass is 9.90. The number of benzene rings is 8. The Hall–Kier alpha value is -7.86. The molecule has 1 aliphatic carbocycles. The molecule has 10 aromatic rings. The van der Waals surface area contributed by atoms with E-state index >= 15 is 0 Å². The van der Waals surface area contributed by atoms with E-state index in [1.807, 2.05) is 0 Å². The second-order valence-corrected chi connectivity index (χ2v) is 15.9. The highest BCUT2D eigenvalue weighted by atomic mass is 15.0. The Kier molecular flexibility index (Phi) is 8.95. The van der Waals surface area contributed by atoms with Crippen LogP contribution in [0, 0.1) is 12.3 Å². The van der Waals surface area contributed by atoms with Crippen molar-refractivity contribution in [3.63, 3.8) is 0 Å². The number of hydrogen-bond acceptors (Lipinski definition) is 0. The summed E-state index contributed by atoms with van der Waals surface area (Å²) in [7, 11) is 0. The van der Waals surface area contributed by atoms with E-state index in [0.717, 1.165) is 57.1 Å². The normalized spacial score (nSPS) is 13.0. The number of terminal acetylenes is 1. The van der Waals surface area contributed by atoms with Crippen molar-refractivity contribution in [2.45, 2.75) is 19.8 Å². The van der Waals surface area contributed by atoms with Crippen molar-refractivity contribution < 1.29 is 0 Å². The number of fused-ring (bicyclic) bond motifs is 7. The van der Waals surface area contributed by atoms with E-state index < -0.39 is 0 Å². The molecule has 2 aromatic heterocycles. The molecule has 0 amide bonds. The standard InChI is InChI=1S/C59H42N2/c1-3-41(36-35-40(2)45-23-7-12-30-53(45)60-54-31-13-8-24-49(54)50-25-9-14-32-55(50)60)47-28-17-21-43-22-18-29-48(59(43)47)44-37-38-46(42-19-5-4-6-20-42)58(39-44)61-56-33-15-10-26-51(56)52-27-11-16-34-57(52)61/h1,4-13,15-31,33-39H,14,32H2,2H3/b40-35+,41-36+. The molecular weight excluding hydrogens is 737 g/mol. The van der Waals surface area contributed by atoms with E-state index in [9.17, 15) is 0 Å². The molecule has 0 unspecified atom stereocenters. The van der Waals surface area contributed by atoms with Crippen LogP contribution in [0.5, 0.6) is 0 Å². The van der Waals surface area contributed by atoms with Gasteiger partial charge in [-0.05, 0) is 94.8 Å². The van der Waals surface area contributed by atoms with Crippen molar-refractivity contribution in [3.8, 4) is 46.0 Å². The van der Waals surface area contributed by atoms with Gasteiger partial charge in [0.25, 0.3) is 0 Å². The summed E-state index contributed by atoms with van der Waals surface area (Å²) in [5.41, 5.74) is 17.4. The zero-order valence-electron chi connectivity index (χ0n) is 34.0. The Balaban J connectivity index is 1.07. The molecule has 2 heterocycles. The van der Waals surface area contributed by atoms with Crippen molar-refractivity contribution in [2.75, 3.05) is 0 Å². The number of hydrogen-bond donors (Lipinski definition) is 0. The molecule has 0 spiro atoms. The van der Waals surface area contributed by atoms with E-state index in [-0.39, 0.29) is 0 Å². The Bertz CT molecular complexity index is 3430. The molecule has 0 bridgehead atoms. The quantitative estimate of drug-likeness (QED) is 0.113. The summed E-state index contributed by atoms with van der Waals surface area (Å²) >= 11 is 0. The van der Waals surface area contributed by atoms with E-state index in [2.05, 4.69) is 228 Å². The SMILES string of the molecule is C#C/C(=C\C=C(/C)c1ccccc1-n1c2c(c3ccccc31)C=CCC2)c1cccc2cccc(-c3ccc(-c4ccccc4)c(-n4c5ccccc5c5ccccc54)c3)c12. The fourth-order valence-electron chi connectivity index (χ4n) is 9.70. The van der Waals surface area contributed by atoms with Crippen LogP contribution in [0.2, 0.25) is 0 Å². The molecule has 1 aliphatic rings. The van der Waals surface area contributed by atoms with Gasteiger partial charge in [0, 0.05) is 44.1 Å². The largest absolute Gasteiger partial charge is 0.312 e. The van der Waals surface area contributed by atoms with Crippen LogP contribution in [-0.4, -0.2) is 9.13 Å². The van der Waals surface area contributed by atoms with E-state index in [4.69, 9.17) is 6.42 Å². The third-order valence-corrected chi connectivity index (χ3v) is 12.5. The summed E-state index contributed by atoms with van der Waals surface area (Å²) in [6.07, 6.45) is 17.4. The molecule has 0 fully saturated rings. The Morgan fingerprint density at radius 2 is 1.18 bits per heavy atom. The van der Waals surface area contributed by atoms with Crippen LogP contribution in [0.4, 0.5) is 0 Å². The topological polar surface area (TPSA) is 9.86 Å². The highest BCUT2D eigenvalue weighted by Gasteiger charge is 2.21. The van der Waals surface area contributed by atoms with E-state index in [1.165, 1.54) is 66.3 Å². The molecule has 61 heavy (non-hydrogen) atoms. The number of rotatable bonds is 7. The monoisotopic (exact) mass is 778 g/mol. The first-order chi connectivity index (χ1) is 30.2. The molecule has 288 valence electrons. The Morgan fingerprint density at radius 3 is 1.93 bits per heavy atom. The summed E-state index contributed by atoms with van der Waals surface area (Å²) in [5.74, 6) is 3.11. The van der Waals surface area contributed by atoms with Crippen molar-refractivity contribution in [1.29, 1.82) is 0 Å². The molecule has 0 saturated carbocycles. The molecule has 0 aliphatic heterocycles. The van der Waals surface area contributed by atoms with Gasteiger partial charge in [-0.2, -0.15) is 0 Å². The molecule has 0 N–H and O–H groups in total. The van der Waals surface area contributed by atoms with Gasteiger partial charge < -0.3 is 9.13 Å². The van der Waals surface area contributed by atoms with E-state index in [0.29, 0.717) is 0 Å². The molecule has 0 radical (unpaired) electrons. The third kappa shape index (κ3) is 6.05. The second-order valence-electron chi connectivity index (χ2n) is 15.9. The molecule has 0 atom stereocenters. The van der Waals surface area contributed by atoms with Gasteiger partial charge in [-0.25, -0.2) is 0 Å². The fourth-order valence-corrected chi connectivity index (χ4v) is 9.70. The summed E-state index contributed by atoms with van der Waals surface area (Å²) in [5, 5.41) is 6.06. The minimum absolute atomic E-state index is 0.840. The first-order valence-corrected chi connectivity index (χ1v) is 21.1. The van der Waals surface area contributed by atoms with Crippen LogP contribution in [0.3, 0.4) is 0 Å². The molecule has 0 saturated heterocycles. The van der Waals surface area contributed by atoms with Gasteiger partial charge in [-0.15, -0.1) is 6.42 Å². The van der Waals surface area contributed by atoms with Gasteiger partial charge in [-0.1, -0.05) is 176 Å². The predicted octanol–water partition coefficient (Wildman–Crippen LogP) is 15.3. The lowest BCUT2D eigenvalue weighted by molar-refractivity contribution is 0.887. The zero-order valence-corrected chi connectivity index (χ0v) is 34.0. The van der Waals surface area contributed by atoms with Gasteiger partial charge in [0.2, 0.25) is 0 Å².